The maximum absolute atomic E-state index is 11.2. The van der Waals surface area contributed by atoms with Crippen molar-refractivity contribution in [2.75, 3.05) is 5.32 Å². The SMILES string of the molecule is NC(CCCC(=O)O)c1ccc2c(c1)CC(=O)N2. The molecule has 5 heteroatoms. The zero-order valence-electron chi connectivity index (χ0n) is 9.98. The Labute approximate surface area is 105 Å². The van der Waals surface area contributed by atoms with E-state index in [1.165, 1.54) is 0 Å². The molecule has 1 aliphatic rings. The van der Waals surface area contributed by atoms with Crippen molar-refractivity contribution in [3.8, 4) is 0 Å². The Morgan fingerprint density at radius 1 is 1.50 bits per heavy atom. The predicted octanol–water partition coefficient (Wildman–Crippen LogP) is 1.44. The number of carboxylic acid groups (broad SMARTS) is 1. The molecule has 0 fully saturated rings. The van der Waals surface area contributed by atoms with Crippen LogP contribution in [0.3, 0.4) is 0 Å². The maximum Gasteiger partial charge on any atom is 0.303 e. The van der Waals surface area contributed by atoms with Crippen molar-refractivity contribution >= 4 is 17.6 Å². The highest BCUT2D eigenvalue weighted by atomic mass is 16.4. The number of benzene rings is 1. The van der Waals surface area contributed by atoms with Crippen molar-refractivity contribution < 1.29 is 14.7 Å². The van der Waals surface area contributed by atoms with Gasteiger partial charge in [-0.25, -0.2) is 0 Å². The monoisotopic (exact) mass is 248 g/mol. The molecule has 0 saturated heterocycles. The van der Waals surface area contributed by atoms with Crippen LogP contribution in [0.1, 0.15) is 36.4 Å². The molecule has 1 unspecified atom stereocenters. The van der Waals surface area contributed by atoms with Crippen LogP contribution in [0.25, 0.3) is 0 Å². The molecule has 4 N–H and O–H groups in total. The molecule has 5 nitrogen and oxygen atoms in total. The van der Waals surface area contributed by atoms with Crippen LogP contribution in [-0.4, -0.2) is 17.0 Å². The number of carboxylic acids is 1. The molecule has 2 rings (SSSR count). The van der Waals surface area contributed by atoms with Gasteiger partial charge in [0.25, 0.3) is 0 Å². The molecule has 0 aromatic heterocycles. The number of fused-ring (bicyclic) bond motifs is 1. The number of aliphatic carboxylic acids is 1. The van der Waals surface area contributed by atoms with Gasteiger partial charge in [0.1, 0.15) is 0 Å². The molecule has 1 heterocycles. The molecular formula is C13H16N2O3. The topological polar surface area (TPSA) is 92.4 Å². The summed E-state index contributed by atoms with van der Waals surface area (Å²) in [6, 6.07) is 5.49. The fraction of sp³-hybridized carbons (Fsp3) is 0.385. The minimum absolute atomic E-state index is 0.00148. The predicted molar refractivity (Wildman–Crippen MR) is 67.2 cm³/mol. The number of amides is 1. The van der Waals surface area contributed by atoms with Gasteiger partial charge in [-0.2, -0.15) is 0 Å². The number of nitrogens with one attached hydrogen (secondary N) is 1. The fourth-order valence-electron chi connectivity index (χ4n) is 2.12. The highest BCUT2D eigenvalue weighted by Gasteiger charge is 2.18. The first-order valence-electron chi connectivity index (χ1n) is 5.96. The number of nitrogens with two attached hydrogens (primary N) is 1. The first kappa shape index (κ1) is 12.6. The Kier molecular flexibility index (Phi) is 3.62. The first-order chi connectivity index (χ1) is 8.56. The fourth-order valence-corrected chi connectivity index (χ4v) is 2.12. The summed E-state index contributed by atoms with van der Waals surface area (Å²) in [6.07, 6.45) is 1.72. The van der Waals surface area contributed by atoms with E-state index in [-0.39, 0.29) is 18.4 Å². The van der Waals surface area contributed by atoms with Crippen LogP contribution in [0.2, 0.25) is 0 Å². The summed E-state index contributed by atoms with van der Waals surface area (Å²) in [4.78, 5) is 21.6. The lowest BCUT2D eigenvalue weighted by molar-refractivity contribution is -0.137. The zero-order chi connectivity index (χ0) is 13.1. The second-order valence-electron chi connectivity index (χ2n) is 4.53. The zero-order valence-corrected chi connectivity index (χ0v) is 9.98. The summed E-state index contributed by atoms with van der Waals surface area (Å²) in [5.74, 6) is -0.799. The molecule has 0 saturated carbocycles. The smallest absolute Gasteiger partial charge is 0.303 e. The van der Waals surface area contributed by atoms with Gasteiger partial charge in [0.05, 0.1) is 6.42 Å². The number of carbonyl (C=O) groups is 2. The second-order valence-corrected chi connectivity index (χ2v) is 4.53. The number of rotatable bonds is 5. The highest BCUT2D eigenvalue weighted by molar-refractivity contribution is 5.99. The Balaban J connectivity index is 1.99. The Morgan fingerprint density at radius 3 is 3.00 bits per heavy atom. The van der Waals surface area contributed by atoms with E-state index in [4.69, 9.17) is 10.8 Å². The third-order valence-electron chi connectivity index (χ3n) is 3.09. The second kappa shape index (κ2) is 5.18. The Bertz CT molecular complexity index is 485. The number of hydrogen-bond donors (Lipinski definition) is 3. The normalized spacial score (nSPS) is 15.1. The highest BCUT2D eigenvalue weighted by Crippen LogP contribution is 2.27. The summed E-state index contributed by atoms with van der Waals surface area (Å²) in [5.41, 5.74) is 8.78. The summed E-state index contributed by atoms with van der Waals surface area (Å²) in [6.45, 7) is 0. The van der Waals surface area contributed by atoms with Crippen LogP contribution in [0.4, 0.5) is 5.69 Å². The number of hydrogen-bond acceptors (Lipinski definition) is 3. The molecule has 0 aliphatic carbocycles. The molecule has 0 spiro atoms. The van der Waals surface area contributed by atoms with Crippen molar-refractivity contribution in [2.45, 2.75) is 31.7 Å². The van der Waals surface area contributed by atoms with Gasteiger partial charge in [-0.3, -0.25) is 9.59 Å². The number of anilines is 1. The Morgan fingerprint density at radius 2 is 2.28 bits per heavy atom. The van der Waals surface area contributed by atoms with E-state index in [1.54, 1.807) is 0 Å². The minimum Gasteiger partial charge on any atom is -0.481 e. The molecule has 1 amide bonds. The average Bonchev–Trinajstić information content (AvgIpc) is 2.67. The van der Waals surface area contributed by atoms with Crippen LogP contribution in [0.5, 0.6) is 0 Å². The average molecular weight is 248 g/mol. The quantitative estimate of drug-likeness (QED) is 0.735. The van der Waals surface area contributed by atoms with Crippen molar-refractivity contribution in [1.82, 2.24) is 0 Å². The largest absolute Gasteiger partial charge is 0.481 e. The van der Waals surface area contributed by atoms with E-state index < -0.39 is 5.97 Å². The van der Waals surface area contributed by atoms with Crippen molar-refractivity contribution in [3.05, 3.63) is 29.3 Å². The van der Waals surface area contributed by atoms with Gasteiger partial charge in [0.15, 0.2) is 0 Å². The van der Waals surface area contributed by atoms with E-state index in [0.29, 0.717) is 19.3 Å². The van der Waals surface area contributed by atoms with Gasteiger partial charge in [0.2, 0.25) is 5.91 Å². The van der Waals surface area contributed by atoms with E-state index in [1.807, 2.05) is 18.2 Å². The third kappa shape index (κ3) is 2.87. The van der Waals surface area contributed by atoms with Crippen LogP contribution in [0, 0.1) is 0 Å². The summed E-state index contributed by atoms with van der Waals surface area (Å²) in [5, 5.41) is 11.3. The lowest BCUT2D eigenvalue weighted by atomic mass is 9.99. The van der Waals surface area contributed by atoms with Gasteiger partial charge in [-0.15, -0.1) is 0 Å². The molecule has 0 bridgehead atoms. The van der Waals surface area contributed by atoms with Gasteiger partial charge in [-0.1, -0.05) is 12.1 Å². The van der Waals surface area contributed by atoms with E-state index in [0.717, 1.165) is 16.8 Å². The van der Waals surface area contributed by atoms with E-state index >= 15 is 0 Å². The lowest BCUT2D eigenvalue weighted by Gasteiger charge is -2.12. The molecular weight excluding hydrogens is 232 g/mol. The lowest BCUT2D eigenvalue weighted by Crippen LogP contribution is -2.11. The van der Waals surface area contributed by atoms with Gasteiger partial charge >= 0.3 is 5.97 Å². The van der Waals surface area contributed by atoms with Gasteiger partial charge in [-0.05, 0) is 30.0 Å². The van der Waals surface area contributed by atoms with Gasteiger partial charge < -0.3 is 16.2 Å². The van der Waals surface area contributed by atoms with Gasteiger partial charge in [0, 0.05) is 18.2 Å². The maximum atomic E-state index is 11.2. The Hall–Kier alpha value is -1.88. The summed E-state index contributed by atoms with van der Waals surface area (Å²) < 4.78 is 0. The van der Waals surface area contributed by atoms with Crippen molar-refractivity contribution in [3.63, 3.8) is 0 Å². The van der Waals surface area contributed by atoms with Crippen LogP contribution in [-0.2, 0) is 16.0 Å². The van der Waals surface area contributed by atoms with Crippen molar-refractivity contribution in [2.24, 2.45) is 5.73 Å². The third-order valence-corrected chi connectivity index (χ3v) is 3.09. The summed E-state index contributed by atoms with van der Waals surface area (Å²) in [7, 11) is 0. The summed E-state index contributed by atoms with van der Waals surface area (Å²) >= 11 is 0. The van der Waals surface area contributed by atoms with Crippen molar-refractivity contribution in [1.29, 1.82) is 0 Å². The molecule has 1 atom stereocenters. The van der Waals surface area contributed by atoms with Crippen LogP contribution >= 0.6 is 0 Å². The molecule has 1 aromatic carbocycles. The van der Waals surface area contributed by atoms with E-state index in [9.17, 15) is 9.59 Å². The van der Waals surface area contributed by atoms with Crippen LogP contribution < -0.4 is 11.1 Å². The van der Waals surface area contributed by atoms with E-state index in [2.05, 4.69) is 5.32 Å². The number of carbonyl (C=O) groups excluding carboxylic acids is 1. The first-order valence-corrected chi connectivity index (χ1v) is 5.96. The van der Waals surface area contributed by atoms with Crippen LogP contribution in [0.15, 0.2) is 18.2 Å². The standard InChI is InChI=1S/C13H16N2O3/c14-10(2-1-3-13(17)18)8-4-5-11-9(6-8)7-12(16)15-11/h4-6,10H,1-3,7,14H2,(H,15,16)(H,17,18). The molecule has 0 radical (unpaired) electrons. The molecule has 1 aromatic rings. The molecule has 1 aliphatic heterocycles. The molecule has 18 heavy (non-hydrogen) atoms. The molecule has 96 valence electrons. The minimum atomic E-state index is -0.800.